The van der Waals surface area contributed by atoms with E-state index in [2.05, 4.69) is 16.9 Å². The monoisotopic (exact) mass is 197 g/mol. The largest absolute Gasteiger partial charge is 0.375 e. The van der Waals surface area contributed by atoms with Crippen molar-refractivity contribution in [1.29, 1.82) is 0 Å². The molecule has 0 unspecified atom stereocenters. The van der Waals surface area contributed by atoms with Crippen molar-refractivity contribution < 1.29 is 0 Å². The Morgan fingerprint density at radius 3 is 2.92 bits per heavy atom. The number of thiazole rings is 1. The SMILES string of the molecule is CN(Cc1cnc(N)s1)C1CCC1. The van der Waals surface area contributed by atoms with Crippen molar-refractivity contribution in [3.63, 3.8) is 0 Å². The van der Waals surface area contributed by atoms with E-state index in [0.29, 0.717) is 5.13 Å². The second-order valence-electron chi connectivity index (χ2n) is 3.66. The van der Waals surface area contributed by atoms with Gasteiger partial charge in [-0.1, -0.05) is 6.42 Å². The highest BCUT2D eigenvalue weighted by molar-refractivity contribution is 7.15. The van der Waals surface area contributed by atoms with Gasteiger partial charge in [0.1, 0.15) is 0 Å². The lowest BCUT2D eigenvalue weighted by atomic mass is 9.92. The number of nitrogens with two attached hydrogens (primary N) is 1. The minimum absolute atomic E-state index is 0.678. The molecule has 4 heteroatoms. The molecule has 0 bridgehead atoms. The van der Waals surface area contributed by atoms with Crippen molar-refractivity contribution in [1.82, 2.24) is 9.88 Å². The molecule has 1 aromatic heterocycles. The van der Waals surface area contributed by atoms with Gasteiger partial charge in [-0.05, 0) is 19.9 Å². The van der Waals surface area contributed by atoms with E-state index in [9.17, 15) is 0 Å². The quantitative estimate of drug-likeness (QED) is 0.802. The van der Waals surface area contributed by atoms with Gasteiger partial charge in [-0.25, -0.2) is 4.98 Å². The van der Waals surface area contributed by atoms with Crippen LogP contribution in [0.5, 0.6) is 0 Å². The molecule has 0 amide bonds. The Kier molecular flexibility index (Phi) is 2.51. The summed E-state index contributed by atoms with van der Waals surface area (Å²) >= 11 is 1.59. The smallest absolute Gasteiger partial charge is 0.180 e. The molecule has 1 heterocycles. The van der Waals surface area contributed by atoms with Gasteiger partial charge in [0.25, 0.3) is 0 Å². The molecule has 0 spiro atoms. The van der Waals surface area contributed by atoms with Crippen LogP contribution in [-0.2, 0) is 6.54 Å². The Morgan fingerprint density at radius 1 is 1.69 bits per heavy atom. The zero-order valence-corrected chi connectivity index (χ0v) is 8.68. The molecule has 1 aromatic rings. The Morgan fingerprint density at radius 2 is 2.46 bits per heavy atom. The van der Waals surface area contributed by atoms with Gasteiger partial charge >= 0.3 is 0 Å². The third-order valence-corrected chi connectivity index (χ3v) is 3.49. The fourth-order valence-electron chi connectivity index (χ4n) is 1.60. The van der Waals surface area contributed by atoms with Gasteiger partial charge in [0.15, 0.2) is 5.13 Å². The van der Waals surface area contributed by atoms with E-state index in [1.165, 1.54) is 24.1 Å². The summed E-state index contributed by atoms with van der Waals surface area (Å²) in [6.45, 7) is 1.000. The summed E-state index contributed by atoms with van der Waals surface area (Å²) in [5, 5.41) is 0.678. The second kappa shape index (κ2) is 3.64. The molecule has 1 aliphatic carbocycles. The van der Waals surface area contributed by atoms with Crippen molar-refractivity contribution in [3.05, 3.63) is 11.1 Å². The predicted octanol–water partition coefficient (Wildman–Crippen LogP) is 1.71. The summed E-state index contributed by atoms with van der Waals surface area (Å²) < 4.78 is 0. The van der Waals surface area contributed by atoms with E-state index in [0.717, 1.165) is 12.6 Å². The van der Waals surface area contributed by atoms with Crippen LogP contribution in [0.4, 0.5) is 5.13 Å². The van der Waals surface area contributed by atoms with E-state index in [1.54, 1.807) is 11.3 Å². The Hall–Kier alpha value is -0.610. The molecule has 2 N–H and O–H groups in total. The van der Waals surface area contributed by atoms with Gasteiger partial charge in [0, 0.05) is 23.7 Å². The van der Waals surface area contributed by atoms with Gasteiger partial charge in [-0.15, -0.1) is 11.3 Å². The van der Waals surface area contributed by atoms with Gasteiger partial charge < -0.3 is 5.73 Å². The van der Waals surface area contributed by atoms with Crippen LogP contribution >= 0.6 is 11.3 Å². The van der Waals surface area contributed by atoms with Crippen molar-refractivity contribution >= 4 is 16.5 Å². The second-order valence-corrected chi connectivity index (χ2v) is 4.81. The molecule has 13 heavy (non-hydrogen) atoms. The molecule has 1 fully saturated rings. The van der Waals surface area contributed by atoms with Crippen molar-refractivity contribution in [2.24, 2.45) is 0 Å². The molecule has 72 valence electrons. The van der Waals surface area contributed by atoms with Crippen LogP contribution < -0.4 is 5.73 Å². The number of rotatable bonds is 3. The molecular weight excluding hydrogens is 182 g/mol. The summed E-state index contributed by atoms with van der Waals surface area (Å²) in [7, 11) is 2.18. The van der Waals surface area contributed by atoms with Crippen molar-refractivity contribution in [2.75, 3.05) is 12.8 Å². The summed E-state index contributed by atoms with van der Waals surface area (Å²) in [6.07, 6.45) is 5.98. The molecule has 1 saturated carbocycles. The van der Waals surface area contributed by atoms with Crippen molar-refractivity contribution in [2.45, 2.75) is 31.8 Å². The van der Waals surface area contributed by atoms with E-state index >= 15 is 0 Å². The maximum absolute atomic E-state index is 5.57. The van der Waals surface area contributed by atoms with Gasteiger partial charge in [0.05, 0.1) is 0 Å². The zero-order chi connectivity index (χ0) is 9.26. The van der Waals surface area contributed by atoms with Crippen LogP contribution in [0.3, 0.4) is 0 Å². The average Bonchev–Trinajstić information content (AvgIpc) is 2.31. The van der Waals surface area contributed by atoms with Gasteiger partial charge in [0.2, 0.25) is 0 Å². The molecule has 0 saturated heterocycles. The highest BCUT2D eigenvalue weighted by Crippen LogP contribution is 2.26. The molecule has 0 aliphatic heterocycles. The van der Waals surface area contributed by atoms with Crippen LogP contribution in [0, 0.1) is 0 Å². The number of nitrogen functional groups attached to an aromatic ring is 1. The molecular formula is C9H15N3S. The first-order chi connectivity index (χ1) is 6.25. The fraction of sp³-hybridized carbons (Fsp3) is 0.667. The van der Waals surface area contributed by atoms with E-state index in [1.807, 2.05) is 6.20 Å². The Labute approximate surface area is 82.6 Å². The topological polar surface area (TPSA) is 42.2 Å². The third-order valence-electron chi connectivity index (χ3n) is 2.67. The lowest BCUT2D eigenvalue weighted by molar-refractivity contribution is 0.154. The normalized spacial score (nSPS) is 17.7. The zero-order valence-electron chi connectivity index (χ0n) is 7.86. The van der Waals surface area contributed by atoms with Crippen LogP contribution in [0.1, 0.15) is 24.1 Å². The number of hydrogen-bond donors (Lipinski definition) is 1. The maximum Gasteiger partial charge on any atom is 0.180 e. The summed E-state index contributed by atoms with van der Waals surface area (Å²) in [4.78, 5) is 7.71. The first kappa shape index (κ1) is 8.97. The summed E-state index contributed by atoms with van der Waals surface area (Å²) in [5.74, 6) is 0. The highest BCUT2D eigenvalue weighted by atomic mass is 32.1. The first-order valence-corrected chi connectivity index (χ1v) is 5.48. The van der Waals surface area contributed by atoms with Crippen LogP contribution in [0.25, 0.3) is 0 Å². The summed E-state index contributed by atoms with van der Waals surface area (Å²) in [6, 6.07) is 0.795. The molecule has 2 rings (SSSR count). The fourth-order valence-corrected chi connectivity index (χ4v) is 2.35. The van der Waals surface area contributed by atoms with Crippen LogP contribution in [-0.4, -0.2) is 23.0 Å². The van der Waals surface area contributed by atoms with E-state index < -0.39 is 0 Å². The van der Waals surface area contributed by atoms with Gasteiger partial charge in [-0.2, -0.15) is 0 Å². The first-order valence-electron chi connectivity index (χ1n) is 4.66. The number of aromatic nitrogens is 1. The molecule has 0 aromatic carbocycles. The van der Waals surface area contributed by atoms with E-state index in [4.69, 9.17) is 5.73 Å². The lowest BCUT2D eigenvalue weighted by Gasteiger charge is -2.34. The van der Waals surface area contributed by atoms with Gasteiger partial charge in [-0.3, -0.25) is 4.90 Å². The maximum atomic E-state index is 5.57. The minimum Gasteiger partial charge on any atom is -0.375 e. The molecule has 3 nitrogen and oxygen atoms in total. The molecule has 0 radical (unpaired) electrons. The van der Waals surface area contributed by atoms with Crippen LogP contribution in [0.2, 0.25) is 0 Å². The number of nitrogens with zero attached hydrogens (tertiary/aromatic N) is 2. The average molecular weight is 197 g/mol. The number of anilines is 1. The van der Waals surface area contributed by atoms with E-state index in [-0.39, 0.29) is 0 Å². The van der Waals surface area contributed by atoms with Crippen molar-refractivity contribution in [3.8, 4) is 0 Å². The Bertz CT molecular complexity index is 280. The summed E-state index contributed by atoms with van der Waals surface area (Å²) in [5.41, 5.74) is 5.57. The predicted molar refractivity (Wildman–Crippen MR) is 55.6 cm³/mol. The van der Waals surface area contributed by atoms with Crippen LogP contribution in [0.15, 0.2) is 6.20 Å². The molecule has 1 aliphatic rings. The highest BCUT2D eigenvalue weighted by Gasteiger charge is 2.22. The molecule has 0 atom stereocenters. The standard InChI is InChI=1S/C9H15N3S/c1-12(7-3-2-4-7)6-8-5-11-9(10)13-8/h5,7H,2-4,6H2,1H3,(H2,10,11). The minimum atomic E-state index is 0.678. The lowest BCUT2D eigenvalue weighted by Crippen LogP contribution is -2.36. The third kappa shape index (κ3) is 2.00. The number of hydrogen-bond acceptors (Lipinski definition) is 4. The Balaban J connectivity index is 1.89.